The molecule has 0 aliphatic rings. The van der Waals surface area contributed by atoms with E-state index < -0.39 is 6.10 Å². The first-order chi connectivity index (χ1) is 8.40. The number of hydrogen-bond acceptors (Lipinski definition) is 2. The first-order valence-electron chi connectivity index (χ1n) is 5.81. The lowest BCUT2D eigenvalue weighted by atomic mass is 10.1. The molecule has 1 aromatic rings. The number of carbonyl (C=O) groups is 1. The smallest absolute Gasteiger partial charge is 0.252 e. The molecule has 0 aromatic heterocycles. The predicted octanol–water partition coefficient (Wildman–Crippen LogP) is 3.24. The number of hydrogen-bond donors (Lipinski definition) is 2. The van der Waals surface area contributed by atoms with E-state index in [2.05, 4.69) is 21.2 Å². The number of rotatable bonds is 5. The van der Waals surface area contributed by atoms with Gasteiger partial charge < -0.3 is 10.4 Å². The van der Waals surface area contributed by atoms with Gasteiger partial charge in [0.15, 0.2) is 0 Å². The minimum atomic E-state index is -0.514. The van der Waals surface area contributed by atoms with Crippen LogP contribution in [0.15, 0.2) is 22.7 Å². The summed E-state index contributed by atoms with van der Waals surface area (Å²) in [5, 5.41) is 13.0. The first kappa shape index (κ1) is 15.5. The van der Waals surface area contributed by atoms with Gasteiger partial charge in [0.05, 0.1) is 11.7 Å². The highest BCUT2D eigenvalue weighted by atomic mass is 79.9. The summed E-state index contributed by atoms with van der Waals surface area (Å²) in [6, 6.07) is 4.98. The van der Waals surface area contributed by atoms with Crippen LogP contribution in [-0.2, 0) is 0 Å². The normalized spacial score (nSPS) is 12.6. The van der Waals surface area contributed by atoms with Gasteiger partial charge in [0.1, 0.15) is 0 Å². The number of nitrogens with one attached hydrogen (secondary N) is 1. The van der Waals surface area contributed by atoms with E-state index in [1.54, 1.807) is 18.2 Å². The highest BCUT2D eigenvalue weighted by molar-refractivity contribution is 9.10. The third-order valence-electron chi connectivity index (χ3n) is 2.42. The molecule has 0 saturated heterocycles. The van der Waals surface area contributed by atoms with Crippen molar-refractivity contribution in [3.63, 3.8) is 0 Å². The van der Waals surface area contributed by atoms with E-state index in [9.17, 15) is 9.90 Å². The summed E-state index contributed by atoms with van der Waals surface area (Å²) >= 11 is 9.09. The van der Waals surface area contributed by atoms with Crippen LogP contribution in [0.1, 0.15) is 30.6 Å². The van der Waals surface area contributed by atoms with Crippen LogP contribution in [-0.4, -0.2) is 23.7 Å². The van der Waals surface area contributed by atoms with E-state index in [0.717, 1.165) is 0 Å². The van der Waals surface area contributed by atoms with Crippen LogP contribution in [0.25, 0.3) is 0 Å². The molecule has 0 heterocycles. The summed E-state index contributed by atoms with van der Waals surface area (Å²) in [5.41, 5.74) is 0.510. The molecular weight excluding hydrogens is 318 g/mol. The van der Waals surface area contributed by atoms with E-state index in [1.807, 2.05) is 13.8 Å². The molecule has 0 aliphatic heterocycles. The molecule has 0 radical (unpaired) electrons. The van der Waals surface area contributed by atoms with Crippen LogP contribution in [0, 0.1) is 5.92 Å². The van der Waals surface area contributed by atoms with Gasteiger partial charge in [0.25, 0.3) is 5.91 Å². The van der Waals surface area contributed by atoms with Gasteiger partial charge in [0.2, 0.25) is 0 Å². The van der Waals surface area contributed by atoms with Crippen LogP contribution >= 0.6 is 27.5 Å². The molecule has 1 amide bonds. The molecule has 1 atom stereocenters. The highest BCUT2D eigenvalue weighted by Crippen LogP contribution is 2.21. The molecule has 1 rings (SSSR count). The molecule has 5 heteroatoms. The molecule has 0 spiro atoms. The predicted molar refractivity (Wildman–Crippen MR) is 76.9 cm³/mol. The third kappa shape index (κ3) is 4.96. The van der Waals surface area contributed by atoms with Crippen molar-refractivity contribution < 1.29 is 9.90 Å². The van der Waals surface area contributed by atoms with E-state index in [-0.39, 0.29) is 12.5 Å². The topological polar surface area (TPSA) is 49.3 Å². The third-order valence-corrected chi connectivity index (χ3v) is 3.31. The SMILES string of the molecule is CC(C)CC(O)CNC(=O)c1ccc(Cl)cc1Br. The Hall–Kier alpha value is -0.580. The van der Waals surface area contributed by atoms with Crippen LogP contribution < -0.4 is 5.32 Å². The molecule has 0 bridgehead atoms. The van der Waals surface area contributed by atoms with Gasteiger partial charge in [-0.15, -0.1) is 0 Å². The van der Waals surface area contributed by atoms with Gasteiger partial charge in [-0.3, -0.25) is 4.79 Å². The molecular formula is C13H17BrClNO2. The number of aliphatic hydroxyl groups is 1. The van der Waals surface area contributed by atoms with Gasteiger partial charge >= 0.3 is 0 Å². The minimum absolute atomic E-state index is 0.221. The number of halogens is 2. The van der Waals surface area contributed by atoms with Crippen molar-refractivity contribution in [2.75, 3.05) is 6.54 Å². The fourth-order valence-corrected chi connectivity index (χ4v) is 2.47. The first-order valence-corrected chi connectivity index (χ1v) is 6.98. The Balaban J connectivity index is 2.55. The Bertz CT molecular complexity index is 423. The Kier molecular flexibility index (Phi) is 6.12. The molecule has 0 fully saturated rings. The van der Waals surface area contributed by atoms with Crippen molar-refractivity contribution >= 4 is 33.4 Å². The van der Waals surface area contributed by atoms with E-state index >= 15 is 0 Å². The summed E-state index contributed by atoms with van der Waals surface area (Å²) in [5.74, 6) is 0.181. The second-order valence-corrected chi connectivity index (χ2v) is 5.91. The van der Waals surface area contributed by atoms with Gasteiger partial charge in [-0.1, -0.05) is 25.4 Å². The van der Waals surface area contributed by atoms with Crippen molar-refractivity contribution in [2.45, 2.75) is 26.4 Å². The maximum atomic E-state index is 11.9. The molecule has 2 N–H and O–H groups in total. The van der Waals surface area contributed by atoms with Crippen LogP contribution in [0.3, 0.4) is 0 Å². The molecule has 0 aliphatic carbocycles. The quantitative estimate of drug-likeness (QED) is 0.868. The molecule has 1 unspecified atom stereocenters. The average Bonchev–Trinajstić information content (AvgIpc) is 2.25. The van der Waals surface area contributed by atoms with Crippen molar-refractivity contribution in [3.8, 4) is 0 Å². The molecule has 3 nitrogen and oxygen atoms in total. The van der Waals surface area contributed by atoms with Crippen LogP contribution in [0.2, 0.25) is 5.02 Å². The standard InChI is InChI=1S/C13H17BrClNO2/c1-8(2)5-10(17)7-16-13(18)11-4-3-9(15)6-12(11)14/h3-4,6,8,10,17H,5,7H2,1-2H3,(H,16,18). The Morgan fingerprint density at radius 3 is 2.72 bits per heavy atom. The molecule has 100 valence electrons. The summed E-state index contributed by atoms with van der Waals surface area (Å²) < 4.78 is 0.644. The van der Waals surface area contributed by atoms with Gasteiger partial charge in [-0.05, 0) is 46.5 Å². The number of benzene rings is 1. The van der Waals surface area contributed by atoms with Crippen molar-refractivity contribution in [3.05, 3.63) is 33.3 Å². The van der Waals surface area contributed by atoms with Crippen LogP contribution in [0.5, 0.6) is 0 Å². The van der Waals surface area contributed by atoms with Gasteiger partial charge in [0, 0.05) is 16.0 Å². The maximum absolute atomic E-state index is 11.9. The zero-order chi connectivity index (χ0) is 13.7. The summed E-state index contributed by atoms with van der Waals surface area (Å²) in [6.45, 7) is 4.31. The number of amides is 1. The summed E-state index contributed by atoms with van der Waals surface area (Å²) in [4.78, 5) is 11.9. The fraction of sp³-hybridized carbons (Fsp3) is 0.462. The zero-order valence-electron chi connectivity index (χ0n) is 10.4. The van der Waals surface area contributed by atoms with E-state index in [1.165, 1.54) is 0 Å². The minimum Gasteiger partial charge on any atom is -0.391 e. The van der Waals surface area contributed by atoms with Gasteiger partial charge in [-0.25, -0.2) is 0 Å². The average molecular weight is 335 g/mol. The van der Waals surface area contributed by atoms with Crippen LogP contribution in [0.4, 0.5) is 0 Å². The Labute approximate surface area is 121 Å². The lowest BCUT2D eigenvalue weighted by Crippen LogP contribution is -2.32. The largest absolute Gasteiger partial charge is 0.391 e. The Morgan fingerprint density at radius 1 is 1.50 bits per heavy atom. The second-order valence-electron chi connectivity index (χ2n) is 4.62. The summed E-state index contributed by atoms with van der Waals surface area (Å²) in [7, 11) is 0. The number of aliphatic hydroxyl groups excluding tert-OH is 1. The maximum Gasteiger partial charge on any atom is 0.252 e. The molecule has 1 aromatic carbocycles. The second kappa shape index (κ2) is 7.12. The van der Waals surface area contributed by atoms with Gasteiger partial charge in [-0.2, -0.15) is 0 Å². The number of carbonyl (C=O) groups excluding carboxylic acids is 1. The lowest BCUT2D eigenvalue weighted by Gasteiger charge is -2.14. The fourth-order valence-electron chi connectivity index (χ4n) is 1.61. The zero-order valence-corrected chi connectivity index (χ0v) is 12.8. The lowest BCUT2D eigenvalue weighted by molar-refractivity contribution is 0.0899. The monoisotopic (exact) mass is 333 g/mol. The van der Waals surface area contributed by atoms with Crippen molar-refractivity contribution in [1.82, 2.24) is 5.32 Å². The van der Waals surface area contributed by atoms with E-state index in [4.69, 9.17) is 11.6 Å². The molecule has 0 saturated carbocycles. The van der Waals surface area contributed by atoms with Crippen molar-refractivity contribution in [1.29, 1.82) is 0 Å². The van der Waals surface area contributed by atoms with E-state index in [0.29, 0.717) is 27.4 Å². The summed E-state index contributed by atoms with van der Waals surface area (Å²) in [6.07, 6.45) is 0.155. The van der Waals surface area contributed by atoms with Crippen molar-refractivity contribution in [2.24, 2.45) is 5.92 Å². The highest BCUT2D eigenvalue weighted by Gasteiger charge is 2.12. The molecule has 18 heavy (non-hydrogen) atoms. The Morgan fingerprint density at radius 2 is 2.17 bits per heavy atom.